The highest BCUT2D eigenvalue weighted by Crippen LogP contribution is 2.35. The van der Waals surface area contributed by atoms with Crippen molar-refractivity contribution in [3.63, 3.8) is 0 Å². The molecule has 1 aromatic heterocycles. The Morgan fingerprint density at radius 3 is 2.48 bits per heavy atom. The highest BCUT2D eigenvalue weighted by molar-refractivity contribution is 6.05. The number of aryl methyl sites for hydroxylation is 1. The SMILES string of the molecule is COc1ccc(C2CC(c3ccc(O)c(C)c3)=NN2C(=O)c2ccncc2)cc1. The predicted octanol–water partition coefficient (Wildman–Crippen LogP) is 4.10. The van der Waals surface area contributed by atoms with Gasteiger partial charge in [-0.15, -0.1) is 0 Å². The second kappa shape index (κ2) is 7.75. The number of benzene rings is 2. The molecule has 0 saturated carbocycles. The van der Waals surface area contributed by atoms with Gasteiger partial charge in [-0.1, -0.05) is 12.1 Å². The van der Waals surface area contributed by atoms with Crippen molar-refractivity contribution in [3.8, 4) is 11.5 Å². The third-order valence-corrected chi connectivity index (χ3v) is 5.08. The van der Waals surface area contributed by atoms with Crippen LogP contribution in [-0.2, 0) is 0 Å². The molecule has 1 unspecified atom stereocenters. The summed E-state index contributed by atoms with van der Waals surface area (Å²) in [6, 6.07) is 16.2. The monoisotopic (exact) mass is 387 g/mol. The number of ether oxygens (including phenoxy) is 1. The molecule has 0 aliphatic carbocycles. The van der Waals surface area contributed by atoms with Gasteiger partial charge in [0.05, 0.1) is 18.9 Å². The van der Waals surface area contributed by atoms with Crippen molar-refractivity contribution in [1.82, 2.24) is 9.99 Å². The van der Waals surface area contributed by atoms with Crippen molar-refractivity contribution in [2.24, 2.45) is 5.10 Å². The van der Waals surface area contributed by atoms with Gasteiger partial charge in [-0.05, 0) is 66.1 Å². The number of hydrogen-bond donors (Lipinski definition) is 1. The summed E-state index contributed by atoms with van der Waals surface area (Å²) in [4.78, 5) is 17.2. The van der Waals surface area contributed by atoms with E-state index in [1.807, 2.05) is 43.3 Å². The van der Waals surface area contributed by atoms with Gasteiger partial charge in [0.15, 0.2) is 0 Å². The van der Waals surface area contributed by atoms with Crippen LogP contribution in [0.1, 0.15) is 39.5 Å². The number of amides is 1. The van der Waals surface area contributed by atoms with Gasteiger partial charge in [-0.25, -0.2) is 5.01 Å². The number of methoxy groups -OCH3 is 1. The maximum atomic E-state index is 13.2. The maximum Gasteiger partial charge on any atom is 0.274 e. The lowest BCUT2D eigenvalue weighted by Crippen LogP contribution is -2.27. The number of nitrogens with zero attached hydrogens (tertiary/aromatic N) is 3. The Bertz CT molecular complexity index is 1060. The number of hydrazone groups is 1. The lowest BCUT2D eigenvalue weighted by molar-refractivity contribution is 0.0711. The zero-order valence-corrected chi connectivity index (χ0v) is 16.2. The van der Waals surface area contributed by atoms with Crippen LogP contribution in [0.25, 0.3) is 0 Å². The van der Waals surface area contributed by atoms with Crippen LogP contribution in [0.2, 0.25) is 0 Å². The van der Waals surface area contributed by atoms with Gasteiger partial charge in [0.1, 0.15) is 11.5 Å². The lowest BCUT2D eigenvalue weighted by atomic mass is 9.97. The Hall–Kier alpha value is -3.67. The summed E-state index contributed by atoms with van der Waals surface area (Å²) in [5.74, 6) is 0.816. The molecule has 6 nitrogen and oxygen atoms in total. The zero-order chi connectivity index (χ0) is 20.4. The molecule has 6 heteroatoms. The van der Waals surface area contributed by atoms with Crippen molar-refractivity contribution in [3.05, 3.63) is 89.2 Å². The van der Waals surface area contributed by atoms with Gasteiger partial charge in [0, 0.05) is 24.4 Å². The molecule has 0 bridgehead atoms. The fraction of sp³-hybridized carbons (Fsp3) is 0.174. The number of phenolic OH excluding ortho intramolecular Hbond substituents is 1. The lowest BCUT2D eigenvalue weighted by Gasteiger charge is -2.22. The molecule has 0 spiro atoms. The normalized spacial score (nSPS) is 15.9. The predicted molar refractivity (Wildman–Crippen MR) is 110 cm³/mol. The third-order valence-electron chi connectivity index (χ3n) is 5.08. The standard InChI is InChI=1S/C23H21N3O3/c1-15-13-18(5-8-22(15)27)20-14-21(16-3-6-19(29-2)7-4-16)26(25-20)23(28)17-9-11-24-12-10-17/h3-13,21,27H,14H2,1-2H3. The maximum absolute atomic E-state index is 13.2. The van der Waals surface area contributed by atoms with E-state index in [4.69, 9.17) is 4.74 Å². The number of phenols is 1. The van der Waals surface area contributed by atoms with E-state index >= 15 is 0 Å². The number of carbonyl (C=O) groups excluding carboxylic acids is 1. The second-order valence-electron chi connectivity index (χ2n) is 6.93. The molecule has 0 saturated heterocycles. The molecule has 1 amide bonds. The third kappa shape index (κ3) is 3.69. The van der Waals surface area contributed by atoms with Crippen molar-refractivity contribution < 1.29 is 14.6 Å². The molecule has 2 aromatic carbocycles. The Morgan fingerprint density at radius 2 is 1.83 bits per heavy atom. The minimum Gasteiger partial charge on any atom is -0.508 e. The van der Waals surface area contributed by atoms with Crippen LogP contribution in [0.3, 0.4) is 0 Å². The van der Waals surface area contributed by atoms with E-state index in [1.54, 1.807) is 37.7 Å². The second-order valence-corrected chi connectivity index (χ2v) is 6.93. The average molecular weight is 387 g/mol. The summed E-state index contributed by atoms with van der Waals surface area (Å²) in [5, 5.41) is 16.0. The van der Waals surface area contributed by atoms with Crippen LogP contribution in [0.5, 0.6) is 11.5 Å². The number of aromatic nitrogens is 1. The average Bonchev–Trinajstić information content (AvgIpc) is 3.21. The van der Waals surface area contributed by atoms with E-state index in [2.05, 4.69) is 10.1 Å². The first kappa shape index (κ1) is 18.7. The Morgan fingerprint density at radius 1 is 1.10 bits per heavy atom. The number of hydrogen-bond acceptors (Lipinski definition) is 5. The van der Waals surface area contributed by atoms with Crippen molar-refractivity contribution in [1.29, 1.82) is 0 Å². The molecule has 1 aliphatic heterocycles. The summed E-state index contributed by atoms with van der Waals surface area (Å²) in [6.45, 7) is 1.84. The molecular weight excluding hydrogens is 366 g/mol. The smallest absolute Gasteiger partial charge is 0.274 e. The number of aromatic hydroxyl groups is 1. The summed E-state index contributed by atoms with van der Waals surface area (Å²) in [5.41, 5.74) is 3.97. The molecular formula is C23H21N3O3. The van der Waals surface area contributed by atoms with Gasteiger partial charge in [0.25, 0.3) is 5.91 Å². The van der Waals surface area contributed by atoms with Gasteiger partial charge >= 0.3 is 0 Å². The molecule has 0 radical (unpaired) electrons. The van der Waals surface area contributed by atoms with Gasteiger partial charge in [-0.2, -0.15) is 5.10 Å². The van der Waals surface area contributed by atoms with E-state index in [1.165, 1.54) is 5.01 Å². The minimum absolute atomic E-state index is 0.182. The first-order valence-corrected chi connectivity index (χ1v) is 9.32. The Balaban J connectivity index is 1.73. The minimum atomic E-state index is -0.231. The van der Waals surface area contributed by atoms with Crippen LogP contribution in [-0.4, -0.2) is 33.8 Å². The number of rotatable bonds is 4. The van der Waals surface area contributed by atoms with Gasteiger partial charge < -0.3 is 9.84 Å². The van der Waals surface area contributed by atoms with Crippen molar-refractivity contribution in [2.75, 3.05) is 7.11 Å². The van der Waals surface area contributed by atoms with E-state index in [9.17, 15) is 9.90 Å². The van der Waals surface area contributed by atoms with Gasteiger partial charge in [0.2, 0.25) is 0 Å². The summed E-state index contributed by atoms with van der Waals surface area (Å²) < 4.78 is 5.25. The van der Waals surface area contributed by atoms with Crippen LogP contribution >= 0.6 is 0 Å². The number of pyridine rings is 1. The Labute approximate surface area is 169 Å². The fourth-order valence-corrected chi connectivity index (χ4v) is 3.42. The summed E-state index contributed by atoms with van der Waals surface area (Å²) >= 11 is 0. The molecule has 1 atom stereocenters. The molecule has 29 heavy (non-hydrogen) atoms. The molecule has 1 aliphatic rings. The molecule has 3 aromatic rings. The van der Waals surface area contributed by atoms with E-state index in [-0.39, 0.29) is 17.7 Å². The Kier molecular flexibility index (Phi) is 4.99. The summed E-state index contributed by atoms with van der Waals surface area (Å²) in [7, 11) is 1.62. The highest BCUT2D eigenvalue weighted by atomic mass is 16.5. The fourth-order valence-electron chi connectivity index (χ4n) is 3.42. The number of carbonyl (C=O) groups is 1. The van der Waals surface area contributed by atoms with Crippen LogP contribution < -0.4 is 4.74 Å². The van der Waals surface area contributed by atoms with E-state index < -0.39 is 0 Å². The topological polar surface area (TPSA) is 75.0 Å². The first-order chi connectivity index (χ1) is 14.1. The molecule has 146 valence electrons. The van der Waals surface area contributed by atoms with Crippen molar-refractivity contribution in [2.45, 2.75) is 19.4 Å². The van der Waals surface area contributed by atoms with E-state index in [0.717, 1.165) is 28.2 Å². The van der Waals surface area contributed by atoms with Crippen molar-refractivity contribution >= 4 is 11.6 Å². The zero-order valence-electron chi connectivity index (χ0n) is 16.2. The van der Waals surface area contributed by atoms with Crippen LogP contribution in [0.4, 0.5) is 0 Å². The highest BCUT2D eigenvalue weighted by Gasteiger charge is 2.33. The molecule has 2 heterocycles. The molecule has 0 fully saturated rings. The van der Waals surface area contributed by atoms with E-state index in [0.29, 0.717) is 12.0 Å². The molecule has 4 rings (SSSR count). The van der Waals surface area contributed by atoms with Crippen LogP contribution in [0.15, 0.2) is 72.1 Å². The molecule has 1 N–H and O–H groups in total. The quantitative estimate of drug-likeness (QED) is 0.731. The first-order valence-electron chi connectivity index (χ1n) is 9.32. The summed E-state index contributed by atoms with van der Waals surface area (Å²) in [6.07, 6.45) is 3.77. The van der Waals surface area contributed by atoms with Gasteiger partial charge in [-0.3, -0.25) is 9.78 Å². The largest absolute Gasteiger partial charge is 0.508 e. The van der Waals surface area contributed by atoms with Crippen LogP contribution in [0, 0.1) is 6.92 Å².